The summed E-state index contributed by atoms with van der Waals surface area (Å²) in [6.07, 6.45) is 0. The van der Waals surface area contributed by atoms with Crippen LogP contribution < -0.4 is 10.8 Å². The van der Waals surface area contributed by atoms with E-state index >= 15 is 0 Å². The smallest absolute Gasteiger partial charge is 0.324 e. The maximum absolute atomic E-state index is 12.7. The van der Waals surface area contributed by atoms with Gasteiger partial charge in [0.05, 0.1) is 16.1 Å². The number of fused-ring (bicyclic) bond motifs is 1. The lowest BCUT2D eigenvalue weighted by atomic mass is 9.93. The average Bonchev–Trinajstić information content (AvgIpc) is 2.74. The summed E-state index contributed by atoms with van der Waals surface area (Å²) in [7, 11) is -3.43. The van der Waals surface area contributed by atoms with E-state index in [1.165, 1.54) is 12.1 Å². The zero-order valence-corrected chi connectivity index (χ0v) is 17.0. The van der Waals surface area contributed by atoms with Crippen molar-refractivity contribution < 1.29 is 21.6 Å². The fourth-order valence-electron chi connectivity index (χ4n) is 3.09. The molecule has 5 nitrogen and oxygen atoms in total. The van der Waals surface area contributed by atoms with Crippen LogP contribution in [-0.4, -0.2) is 31.7 Å². The number of anilines is 2. The molecule has 4 rings (SSSR count). The minimum Gasteiger partial charge on any atom is -0.324 e. The molecule has 0 aliphatic rings. The first kappa shape index (κ1) is 20.9. The molecule has 0 fully saturated rings. The second-order valence-corrected chi connectivity index (χ2v) is 8.82. The van der Waals surface area contributed by atoms with Gasteiger partial charge in [0.25, 0.3) is 9.84 Å². The summed E-state index contributed by atoms with van der Waals surface area (Å²) in [5.41, 5.74) is -1.67. The number of halogens is 3. The van der Waals surface area contributed by atoms with Crippen LogP contribution in [0.3, 0.4) is 0 Å². The van der Waals surface area contributed by atoms with Crippen LogP contribution in [0.1, 0.15) is 0 Å². The van der Waals surface area contributed by atoms with Crippen molar-refractivity contribution in [2.75, 3.05) is 5.32 Å². The van der Waals surface area contributed by atoms with Gasteiger partial charge in [-0.1, -0.05) is 47.9 Å². The number of rotatable bonds is 4. The molecule has 0 unspecified atom stereocenters. The van der Waals surface area contributed by atoms with Crippen LogP contribution in [-0.2, 0) is 9.84 Å². The van der Waals surface area contributed by atoms with E-state index in [9.17, 15) is 21.6 Å². The first-order valence-electron chi connectivity index (χ1n) is 9.17. The molecule has 4 aromatic rings. The Hall–Kier alpha value is -3.40. The van der Waals surface area contributed by atoms with Gasteiger partial charge in [-0.25, -0.2) is 18.4 Å². The van der Waals surface area contributed by atoms with Gasteiger partial charge >= 0.3 is 5.51 Å². The van der Waals surface area contributed by atoms with Gasteiger partial charge < -0.3 is 5.32 Å². The Kier molecular flexibility index (Phi) is 5.18. The summed E-state index contributed by atoms with van der Waals surface area (Å²) in [6.45, 7) is 0. The number of aromatic nitrogens is 2. The van der Waals surface area contributed by atoms with E-state index in [1.54, 1.807) is 0 Å². The molecule has 0 bridgehead atoms. The molecule has 0 amide bonds. The maximum atomic E-state index is 12.7. The fourth-order valence-corrected chi connectivity index (χ4v) is 3.86. The van der Waals surface area contributed by atoms with Gasteiger partial charge in [0, 0.05) is 16.6 Å². The quantitative estimate of drug-likeness (QED) is 0.491. The molecular formula is C21H15BF3N3O2S. The van der Waals surface area contributed by atoms with Crippen molar-refractivity contribution in [1.82, 2.24) is 9.97 Å². The first-order valence-corrected chi connectivity index (χ1v) is 10.7. The highest BCUT2D eigenvalue weighted by atomic mass is 32.2. The Morgan fingerprint density at radius 3 is 2.19 bits per heavy atom. The van der Waals surface area contributed by atoms with Crippen LogP contribution in [0, 0.1) is 0 Å². The minimum absolute atomic E-state index is 0.238. The van der Waals surface area contributed by atoms with Gasteiger partial charge in [-0.3, -0.25) is 0 Å². The second-order valence-electron chi connectivity index (χ2n) is 6.88. The predicted molar refractivity (Wildman–Crippen MR) is 116 cm³/mol. The van der Waals surface area contributed by atoms with E-state index in [0.29, 0.717) is 16.9 Å². The Bertz CT molecular complexity index is 1360. The van der Waals surface area contributed by atoms with Crippen molar-refractivity contribution >= 4 is 45.7 Å². The van der Waals surface area contributed by atoms with Crippen molar-refractivity contribution in [2.24, 2.45) is 0 Å². The van der Waals surface area contributed by atoms with Crippen molar-refractivity contribution in [3.05, 3.63) is 72.8 Å². The summed E-state index contributed by atoms with van der Waals surface area (Å²) in [6, 6.07) is 19.6. The van der Waals surface area contributed by atoms with Crippen LogP contribution in [0.15, 0.2) is 77.7 Å². The van der Waals surface area contributed by atoms with Crippen molar-refractivity contribution in [1.29, 1.82) is 0 Å². The van der Waals surface area contributed by atoms with Crippen molar-refractivity contribution in [3.63, 3.8) is 0 Å². The highest BCUT2D eigenvalue weighted by molar-refractivity contribution is 7.92. The largest absolute Gasteiger partial charge is 0.501 e. The molecule has 3 aromatic carbocycles. The van der Waals surface area contributed by atoms with Gasteiger partial charge in [0.2, 0.25) is 5.95 Å². The summed E-state index contributed by atoms with van der Waals surface area (Å²) in [4.78, 5) is 8.26. The molecule has 0 radical (unpaired) electrons. The maximum Gasteiger partial charge on any atom is 0.501 e. The fraction of sp³-hybridized carbons (Fsp3) is 0.0476. The molecule has 0 aliphatic carbocycles. The number of hydrogen-bond donors (Lipinski definition) is 1. The molecule has 1 N–H and O–H groups in total. The number of hydrogen-bond acceptors (Lipinski definition) is 5. The van der Waals surface area contributed by atoms with Gasteiger partial charge in [-0.15, -0.1) is 0 Å². The highest BCUT2D eigenvalue weighted by Crippen LogP contribution is 2.31. The molecule has 31 heavy (non-hydrogen) atoms. The van der Waals surface area contributed by atoms with Gasteiger partial charge in [0.1, 0.15) is 7.85 Å². The summed E-state index contributed by atoms with van der Waals surface area (Å²) < 4.78 is 61.2. The van der Waals surface area contributed by atoms with Crippen LogP contribution >= 0.6 is 0 Å². The van der Waals surface area contributed by atoms with E-state index in [4.69, 9.17) is 0 Å². The van der Waals surface area contributed by atoms with Crippen LogP contribution in [0.2, 0.25) is 0 Å². The molecular weight excluding hydrogens is 426 g/mol. The van der Waals surface area contributed by atoms with E-state index in [-0.39, 0.29) is 5.95 Å². The lowest BCUT2D eigenvalue weighted by Crippen LogP contribution is -2.23. The van der Waals surface area contributed by atoms with Crippen LogP contribution in [0.25, 0.3) is 22.2 Å². The van der Waals surface area contributed by atoms with E-state index in [1.807, 2.05) is 56.4 Å². The molecule has 156 valence electrons. The monoisotopic (exact) mass is 441 g/mol. The lowest BCUT2D eigenvalue weighted by Gasteiger charge is -2.12. The number of sulfone groups is 1. The molecule has 0 spiro atoms. The third kappa shape index (κ3) is 4.11. The van der Waals surface area contributed by atoms with Gasteiger partial charge in [0.15, 0.2) is 0 Å². The SMILES string of the molecule is Bc1ccc2nc(Nc3ccc(S(=O)(=O)C(F)(F)F)cc3)nc(-c3ccccc3)c2c1. The van der Waals surface area contributed by atoms with E-state index < -0.39 is 20.2 Å². The molecule has 1 heterocycles. The molecule has 0 saturated heterocycles. The van der Waals surface area contributed by atoms with E-state index in [2.05, 4.69) is 15.3 Å². The summed E-state index contributed by atoms with van der Waals surface area (Å²) in [5, 5.41) is 3.80. The van der Waals surface area contributed by atoms with Crippen molar-refractivity contribution in [3.8, 4) is 11.3 Å². The average molecular weight is 441 g/mol. The second kappa shape index (κ2) is 7.70. The number of benzene rings is 3. The normalized spacial score (nSPS) is 12.1. The third-order valence-corrected chi connectivity index (χ3v) is 6.13. The van der Waals surface area contributed by atoms with Crippen molar-refractivity contribution in [2.45, 2.75) is 10.4 Å². The van der Waals surface area contributed by atoms with E-state index in [0.717, 1.165) is 28.5 Å². The third-order valence-electron chi connectivity index (χ3n) is 4.62. The summed E-state index contributed by atoms with van der Waals surface area (Å²) in [5.74, 6) is 0.238. The minimum atomic E-state index is -5.40. The van der Waals surface area contributed by atoms with Crippen LogP contribution in [0.4, 0.5) is 24.8 Å². The zero-order valence-electron chi connectivity index (χ0n) is 16.2. The van der Waals surface area contributed by atoms with Gasteiger partial charge in [-0.2, -0.15) is 13.2 Å². The Morgan fingerprint density at radius 2 is 1.55 bits per heavy atom. The van der Waals surface area contributed by atoms with Gasteiger partial charge in [-0.05, 0) is 30.3 Å². The Morgan fingerprint density at radius 1 is 0.871 bits per heavy atom. The van der Waals surface area contributed by atoms with Crippen LogP contribution in [0.5, 0.6) is 0 Å². The standard InChI is InChI=1S/C21H15BF3N3O2S/c22-14-6-11-18-17(12-14)19(13-4-2-1-3-5-13)28-20(27-18)26-15-7-9-16(10-8-15)31(29,30)21(23,24)25/h1-12H,22H2,(H,26,27,28). The Labute approximate surface area is 177 Å². The molecule has 0 atom stereocenters. The number of nitrogens with zero attached hydrogens (tertiary/aromatic N) is 2. The Balaban J connectivity index is 1.74. The topological polar surface area (TPSA) is 72.0 Å². The first-order chi connectivity index (χ1) is 14.6. The number of nitrogens with one attached hydrogen (secondary N) is 1. The predicted octanol–water partition coefficient (Wildman–Crippen LogP) is 3.59. The zero-order chi connectivity index (χ0) is 22.2. The summed E-state index contributed by atoms with van der Waals surface area (Å²) >= 11 is 0. The molecule has 10 heteroatoms. The highest BCUT2D eigenvalue weighted by Gasteiger charge is 2.46. The lowest BCUT2D eigenvalue weighted by molar-refractivity contribution is -0.0436. The molecule has 1 aromatic heterocycles. The molecule has 0 aliphatic heterocycles. The number of alkyl halides is 3. The molecule has 0 saturated carbocycles.